The summed E-state index contributed by atoms with van der Waals surface area (Å²) >= 11 is 0. The third kappa shape index (κ3) is 7.74. The van der Waals surface area contributed by atoms with Gasteiger partial charge in [-0.3, -0.25) is 9.59 Å². The second-order valence-electron chi connectivity index (χ2n) is 8.70. The molecule has 2 rings (SSSR count). The van der Waals surface area contributed by atoms with Crippen LogP contribution in [0.25, 0.3) is 0 Å². The Morgan fingerprint density at radius 1 is 1.14 bits per heavy atom. The van der Waals surface area contributed by atoms with Gasteiger partial charge in [0, 0.05) is 44.3 Å². The van der Waals surface area contributed by atoms with Gasteiger partial charge in [-0.25, -0.2) is 4.79 Å². The summed E-state index contributed by atoms with van der Waals surface area (Å²) < 4.78 is 21.2. The van der Waals surface area contributed by atoms with Crippen LogP contribution in [0.4, 0.5) is 4.79 Å². The maximum Gasteiger partial charge on any atom is 0.407 e. The fourth-order valence-electron chi connectivity index (χ4n) is 4.37. The molecule has 2 atom stereocenters. The molecule has 1 aromatic carbocycles. The summed E-state index contributed by atoms with van der Waals surface area (Å²) in [5.41, 5.74) is 0.428. The van der Waals surface area contributed by atoms with Crippen LogP contribution in [0.15, 0.2) is 18.2 Å². The normalized spacial score (nSPS) is 17.7. The molecule has 0 spiro atoms. The molecule has 2 amide bonds. The summed E-state index contributed by atoms with van der Waals surface area (Å²) in [4.78, 5) is 40.5. The molecule has 0 aliphatic carbocycles. The number of piperidine rings is 1. The number of rotatable bonds is 12. The van der Waals surface area contributed by atoms with Gasteiger partial charge in [-0.05, 0) is 51.8 Å². The standard InChI is InChI=1S/C25H38N2O8/c1-6-34-23(28)15-19-9-10-20(16-26(19)25(30)31)27(17(2)3)24(29)18-8-11-21(33-5)22(14-18)35-13-7-12-32-4/h8,11,14,17,19-20H,6-7,9-10,12-13,15-16H2,1-5H3,(H,30,31)/t19-,20-/m1/s1. The van der Waals surface area contributed by atoms with E-state index in [1.54, 1.807) is 37.1 Å². The minimum atomic E-state index is -1.11. The van der Waals surface area contributed by atoms with Crippen molar-refractivity contribution < 1.29 is 38.4 Å². The molecule has 1 aliphatic rings. The van der Waals surface area contributed by atoms with Crippen LogP contribution in [0.1, 0.15) is 56.8 Å². The second-order valence-corrected chi connectivity index (χ2v) is 8.70. The van der Waals surface area contributed by atoms with Crippen LogP contribution in [-0.2, 0) is 14.3 Å². The topological polar surface area (TPSA) is 115 Å². The zero-order valence-electron chi connectivity index (χ0n) is 21.3. The first-order valence-corrected chi connectivity index (χ1v) is 12.0. The van der Waals surface area contributed by atoms with Gasteiger partial charge in [-0.2, -0.15) is 0 Å². The Morgan fingerprint density at radius 3 is 2.49 bits per heavy atom. The van der Waals surface area contributed by atoms with E-state index in [1.165, 1.54) is 12.0 Å². The lowest BCUT2D eigenvalue weighted by Crippen LogP contribution is -2.57. The quantitative estimate of drug-likeness (QED) is 0.347. The van der Waals surface area contributed by atoms with E-state index in [1.807, 2.05) is 13.8 Å². The molecule has 0 unspecified atom stereocenters. The molecule has 196 valence electrons. The van der Waals surface area contributed by atoms with Crippen LogP contribution in [0.2, 0.25) is 0 Å². The van der Waals surface area contributed by atoms with E-state index in [0.717, 1.165) is 0 Å². The lowest BCUT2D eigenvalue weighted by molar-refractivity contribution is -0.144. The Morgan fingerprint density at radius 2 is 1.89 bits per heavy atom. The summed E-state index contributed by atoms with van der Waals surface area (Å²) in [6.07, 6.45) is 0.619. The average molecular weight is 495 g/mol. The van der Waals surface area contributed by atoms with Crippen molar-refractivity contribution in [2.45, 2.75) is 64.6 Å². The van der Waals surface area contributed by atoms with Gasteiger partial charge in [-0.1, -0.05) is 0 Å². The number of hydrogen-bond acceptors (Lipinski definition) is 7. The SMILES string of the molecule is CCOC(=O)C[C@H]1CC[C@@H](N(C(=O)c2ccc(OC)c(OCCCOC)c2)C(C)C)CN1C(=O)O. The van der Waals surface area contributed by atoms with Crippen molar-refractivity contribution in [1.82, 2.24) is 9.80 Å². The molecule has 10 heteroatoms. The van der Waals surface area contributed by atoms with E-state index < -0.39 is 18.1 Å². The van der Waals surface area contributed by atoms with E-state index in [9.17, 15) is 19.5 Å². The van der Waals surface area contributed by atoms with E-state index in [2.05, 4.69) is 0 Å². The predicted octanol–water partition coefficient (Wildman–Crippen LogP) is 3.43. The fraction of sp³-hybridized carbons (Fsp3) is 0.640. The molecule has 10 nitrogen and oxygen atoms in total. The van der Waals surface area contributed by atoms with E-state index in [4.69, 9.17) is 18.9 Å². The number of ether oxygens (including phenoxy) is 4. The summed E-state index contributed by atoms with van der Waals surface area (Å²) in [5, 5.41) is 9.79. The van der Waals surface area contributed by atoms with Gasteiger partial charge < -0.3 is 33.9 Å². The first kappa shape index (κ1) is 28.2. The Bertz CT molecular complexity index is 860. The fourth-order valence-corrected chi connectivity index (χ4v) is 4.37. The first-order valence-electron chi connectivity index (χ1n) is 12.0. The average Bonchev–Trinajstić information content (AvgIpc) is 2.82. The maximum atomic E-state index is 13.6. The molecule has 0 bridgehead atoms. The zero-order chi connectivity index (χ0) is 26.0. The number of amides is 2. The van der Waals surface area contributed by atoms with E-state index in [-0.39, 0.29) is 37.6 Å². The highest BCUT2D eigenvalue weighted by atomic mass is 16.5. The number of benzene rings is 1. The number of carboxylic acid groups (broad SMARTS) is 1. The number of hydrogen-bond donors (Lipinski definition) is 1. The van der Waals surface area contributed by atoms with Crippen molar-refractivity contribution in [2.24, 2.45) is 0 Å². The second kappa shape index (κ2) is 13.8. The summed E-state index contributed by atoms with van der Waals surface area (Å²) in [6, 6.07) is 4.06. The Kier molecular flexibility index (Phi) is 11.1. The van der Waals surface area contributed by atoms with Crippen LogP contribution >= 0.6 is 0 Å². The third-order valence-corrected chi connectivity index (χ3v) is 5.98. The summed E-state index contributed by atoms with van der Waals surface area (Å²) in [7, 11) is 3.16. The number of likely N-dealkylation sites (tertiary alicyclic amines) is 1. The highest BCUT2D eigenvalue weighted by Gasteiger charge is 2.38. The van der Waals surface area contributed by atoms with E-state index >= 15 is 0 Å². The number of carbonyl (C=O) groups is 3. The van der Waals surface area contributed by atoms with Gasteiger partial charge >= 0.3 is 12.1 Å². The molecule has 0 saturated carbocycles. The van der Waals surface area contributed by atoms with E-state index in [0.29, 0.717) is 49.5 Å². The van der Waals surface area contributed by atoms with Crippen molar-refractivity contribution in [3.05, 3.63) is 23.8 Å². The monoisotopic (exact) mass is 494 g/mol. The first-order chi connectivity index (χ1) is 16.7. The highest BCUT2D eigenvalue weighted by Crippen LogP contribution is 2.31. The zero-order valence-corrected chi connectivity index (χ0v) is 21.3. The predicted molar refractivity (Wildman–Crippen MR) is 129 cm³/mol. The van der Waals surface area contributed by atoms with Gasteiger partial charge in [0.2, 0.25) is 0 Å². The number of nitrogens with zero attached hydrogens (tertiary/aromatic N) is 2. The number of methoxy groups -OCH3 is 2. The molecule has 0 radical (unpaired) electrons. The van der Waals surface area contributed by atoms with Crippen molar-refractivity contribution >= 4 is 18.0 Å². The van der Waals surface area contributed by atoms with Gasteiger partial charge in [0.15, 0.2) is 11.5 Å². The van der Waals surface area contributed by atoms with Gasteiger partial charge in [0.05, 0.1) is 32.8 Å². The molecule has 35 heavy (non-hydrogen) atoms. The minimum Gasteiger partial charge on any atom is -0.493 e. The molecule has 1 saturated heterocycles. The third-order valence-electron chi connectivity index (χ3n) is 5.98. The van der Waals surface area contributed by atoms with Crippen LogP contribution < -0.4 is 9.47 Å². The molecular weight excluding hydrogens is 456 g/mol. The number of carbonyl (C=O) groups excluding carboxylic acids is 2. The number of esters is 1. The highest BCUT2D eigenvalue weighted by molar-refractivity contribution is 5.95. The molecule has 1 aromatic rings. The molecule has 1 aliphatic heterocycles. The molecule has 1 heterocycles. The largest absolute Gasteiger partial charge is 0.493 e. The molecule has 1 fully saturated rings. The van der Waals surface area contributed by atoms with Gasteiger partial charge in [0.1, 0.15) is 0 Å². The van der Waals surface area contributed by atoms with Crippen LogP contribution in [0.5, 0.6) is 11.5 Å². The smallest absolute Gasteiger partial charge is 0.407 e. The molecule has 0 aromatic heterocycles. The van der Waals surface area contributed by atoms with Crippen LogP contribution in [-0.4, -0.2) is 91.6 Å². The van der Waals surface area contributed by atoms with Crippen molar-refractivity contribution in [1.29, 1.82) is 0 Å². The maximum absolute atomic E-state index is 13.6. The van der Waals surface area contributed by atoms with Gasteiger partial charge in [0.25, 0.3) is 5.91 Å². The lowest BCUT2D eigenvalue weighted by atomic mass is 9.94. The molecule has 1 N–H and O–H groups in total. The Hall–Kier alpha value is -3.01. The van der Waals surface area contributed by atoms with Crippen LogP contribution in [0, 0.1) is 0 Å². The summed E-state index contributed by atoms with van der Waals surface area (Å²) in [5.74, 6) is 0.342. The summed E-state index contributed by atoms with van der Waals surface area (Å²) in [6.45, 7) is 6.86. The molecular formula is C25H38N2O8. The van der Waals surface area contributed by atoms with Gasteiger partial charge in [-0.15, -0.1) is 0 Å². The van der Waals surface area contributed by atoms with Crippen molar-refractivity contribution in [2.75, 3.05) is 40.6 Å². The van der Waals surface area contributed by atoms with Crippen molar-refractivity contribution in [3.63, 3.8) is 0 Å². The lowest BCUT2D eigenvalue weighted by Gasteiger charge is -2.43. The minimum absolute atomic E-state index is 0.00470. The Labute approximate surface area is 207 Å². The van der Waals surface area contributed by atoms with Crippen molar-refractivity contribution in [3.8, 4) is 11.5 Å². The van der Waals surface area contributed by atoms with Crippen LogP contribution in [0.3, 0.4) is 0 Å². The Balaban J connectivity index is 2.22.